The molecule has 0 aromatic rings. The fourth-order valence-electron chi connectivity index (χ4n) is 0.195. The molecular formula is C5H15N3O2. The van der Waals surface area contributed by atoms with Crippen molar-refractivity contribution >= 4 is 6.09 Å². The average molecular weight is 149 g/mol. The van der Waals surface area contributed by atoms with Crippen molar-refractivity contribution in [1.82, 2.24) is 5.32 Å². The Morgan fingerprint density at radius 2 is 2.10 bits per heavy atom. The number of carbonyl (C=O) groups is 1. The second kappa shape index (κ2) is 8.19. The molecular weight excluding hydrogens is 134 g/mol. The summed E-state index contributed by atoms with van der Waals surface area (Å²) >= 11 is 0. The molecule has 0 aromatic heterocycles. The summed E-state index contributed by atoms with van der Waals surface area (Å²) in [5, 5.41) is 9.89. The molecule has 1 atom stereocenters. The van der Waals surface area contributed by atoms with Gasteiger partial charge in [-0.25, -0.2) is 4.79 Å². The molecule has 6 N–H and O–H groups in total. The maximum atomic E-state index is 9.62. The van der Waals surface area contributed by atoms with Crippen LogP contribution in [0.25, 0.3) is 0 Å². The number of nitrogens with one attached hydrogen (secondary N) is 1. The molecule has 0 aromatic carbocycles. The van der Waals surface area contributed by atoms with E-state index in [9.17, 15) is 4.79 Å². The number of hydrogen-bond donors (Lipinski definition) is 4. The van der Waals surface area contributed by atoms with Gasteiger partial charge in [-0.15, -0.1) is 0 Å². The van der Waals surface area contributed by atoms with Crippen LogP contribution >= 0.6 is 0 Å². The van der Waals surface area contributed by atoms with Gasteiger partial charge in [0.1, 0.15) is 0 Å². The minimum Gasteiger partial charge on any atom is -0.465 e. The SMILES string of the molecule is CC(N)NC(=O)O.CCN. The van der Waals surface area contributed by atoms with Crippen molar-refractivity contribution in [3.63, 3.8) is 0 Å². The first-order valence-electron chi connectivity index (χ1n) is 2.99. The normalized spacial score (nSPS) is 10.8. The highest BCUT2D eigenvalue weighted by molar-refractivity contribution is 5.64. The van der Waals surface area contributed by atoms with Crippen LogP contribution in [0.4, 0.5) is 4.79 Å². The van der Waals surface area contributed by atoms with Crippen LogP contribution in [0.1, 0.15) is 13.8 Å². The maximum Gasteiger partial charge on any atom is 0.405 e. The van der Waals surface area contributed by atoms with Crippen LogP contribution in [0.15, 0.2) is 0 Å². The van der Waals surface area contributed by atoms with Crippen LogP contribution in [0.2, 0.25) is 0 Å². The molecule has 0 aliphatic heterocycles. The van der Waals surface area contributed by atoms with Crippen LogP contribution < -0.4 is 16.8 Å². The van der Waals surface area contributed by atoms with E-state index in [1.54, 1.807) is 6.92 Å². The monoisotopic (exact) mass is 149 g/mol. The molecule has 1 amide bonds. The summed E-state index contributed by atoms with van der Waals surface area (Å²) in [6.07, 6.45) is -1.56. The van der Waals surface area contributed by atoms with E-state index in [1.165, 1.54) is 0 Å². The van der Waals surface area contributed by atoms with Crippen molar-refractivity contribution in [2.75, 3.05) is 6.54 Å². The van der Waals surface area contributed by atoms with Crippen LogP contribution in [0.5, 0.6) is 0 Å². The van der Waals surface area contributed by atoms with Crippen LogP contribution in [-0.4, -0.2) is 23.9 Å². The van der Waals surface area contributed by atoms with E-state index in [2.05, 4.69) is 0 Å². The van der Waals surface area contributed by atoms with E-state index in [0.717, 1.165) is 6.54 Å². The zero-order chi connectivity index (χ0) is 8.57. The number of rotatable bonds is 1. The number of hydrogen-bond acceptors (Lipinski definition) is 3. The third-order valence-corrected chi connectivity index (χ3v) is 0.351. The van der Waals surface area contributed by atoms with Crippen LogP contribution in [0, 0.1) is 0 Å². The molecule has 0 rings (SSSR count). The summed E-state index contributed by atoms with van der Waals surface area (Å²) in [5.74, 6) is 0. The molecule has 0 saturated heterocycles. The second-order valence-electron chi connectivity index (χ2n) is 1.65. The Balaban J connectivity index is 0. The van der Waals surface area contributed by atoms with Crippen molar-refractivity contribution in [2.24, 2.45) is 11.5 Å². The van der Waals surface area contributed by atoms with Gasteiger partial charge in [-0.1, -0.05) is 6.92 Å². The molecule has 0 saturated carbocycles. The molecule has 0 bridgehead atoms. The van der Waals surface area contributed by atoms with Gasteiger partial charge in [0, 0.05) is 0 Å². The molecule has 0 fully saturated rings. The Hall–Kier alpha value is -0.810. The van der Waals surface area contributed by atoms with E-state index in [1.807, 2.05) is 12.2 Å². The van der Waals surface area contributed by atoms with Crippen molar-refractivity contribution < 1.29 is 9.90 Å². The van der Waals surface area contributed by atoms with Gasteiger partial charge in [0.25, 0.3) is 0 Å². The predicted octanol–water partition coefficient (Wildman–Crippen LogP) is -0.476. The second-order valence-corrected chi connectivity index (χ2v) is 1.65. The third-order valence-electron chi connectivity index (χ3n) is 0.351. The van der Waals surface area contributed by atoms with E-state index in [-0.39, 0.29) is 0 Å². The summed E-state index contributed by atoms with van der Waals surface area (Å²) in [7, 11) is 0. The first kappa shape index (κ1) is 11.9. The third kappa shape index (κ3) is 27.1. The minimum atomic E-state index is -1.09. The molecule has 62 valence electrons. The van der Waals surface area contributed by atoms with Gasteiger partial charge in [0.2, 0.25) is 0 Å². The molecule has 0 aliphatic carbocycles. The Kier molecular flexibility index (Phi) is 9.77. The maximum absolute atomic E-state index is 9.62. The van der Waals surface area contributed by atoms with E-state index < -0.39 is 12.3 Å². The summed E-state index contributed by atoms with van der Waals surface area (Å²) in [6, 6.07) is 0. The number of nitrogens with two attached hydrogens (primary N) is 2. The fourth-order valence-corrected chi connectivity index (χ4v) is 0.195. The van der Waals surface area contributed by atoms with Gasteiger partial charge in [-0.05, 0) is 13.5 Å². The highest BCUT2D eigenvalue weighted by atomic mass is 16.4. The van der Waals surface area contributed by atoms with Crippen molar-refractivity contribution in [3.8, 4) is 0 Å². The number of carboxylic acid groups (broad SMARTS) is 1. The zero-order valence-corrected chi connectivity index (χ0v) is 6.29. The average Bonchev–Trinajstić information content (AvgIpc) is 1.62. The summed E-state index contributed by atoms with van der Waals surface area (Å²) in [5.41, 5.74) is 9.85. The zero-order valence-electron chi connectivity index (χ0n) is 6.29. The highest BCUT2D eigenvalue weighted by Gasteiger charge is 1.94. The molecule has 0 heterocycles. The van der Waals surface area contributed by atoms with E-state index in [0.29, 0.717) is 0 Å². The van der Waals surface area contributed by atoms with Gasteiger partial charge < -0.3 is 21.9 Å². The van der Waals surface area contributed by atoms with Gasteiger partial charge in [-0.3, -0.25) is 0 Å². The van der Waals surface area contributed by atoms with Gasteiger partial charge in [-0.2, -0.15) is 0 Å². The van der Waals surface area contributed by atoms with Crippen molar-refractivity contribution in [2.45, 2.75) is 20.0 Å². The van der Waals surface area contributed by atoms with Gasteiger partial charge in [0.15, 0.2) is 0 Å². The Morgan fingerprint density at radius 1 is 1.80 bits per heavy atom. The lowest BCUT2D eigenvalue weighted by Crippen LogP contribution is -2.37. The summed E-state index contributed by atoms with van der Waals surface area (Å²) < 4.78 is 0. The van der Waals surface area contributed by atoms with Crippen molar-refractivity contribution in [1.29, 1.82) is 0 Å². The topological polar surface area (TPSA) is 101 Å². The Labute approximate surface area is 60.4 Å². The quantitative estimate of drug-likeness (QED) is 0.378. The Morgan fingerprint density at radius 3 is 2.10 bits per heavy atom. The lowest BCUT2D eigenvalue weighted by Gasteiger charge is -2.00. The van der Waals surface area contributed by atoms with E-state index >= 15 is 0 Å². The molecule has 5 nitrogen and oxygen atoms in total. The molecule has 10 heavy (non-hydrogen) atoms. The molecule has 0 radical (unpaired) electrons. The molecule has 1 unspecified atom stereocenters. The van der Waals surface area contributed by atoms with Crippen LogP contribution in [-0.2, 0) is 0 Å². The first-order valence-corrected chi connectivity index (χ1v) is 2.99. The molecule has 0 aliphatic rings. The predicted molar refractivity (Wildman–Crippen MR) is 39.5 cm³/mol. The molecule has 5 heteroatoms. The fraction of sp³-hybridized carbons (Fsp3) is 0.800. The summed E-state index contributed by atoms with van der Waals surface area (Å²) in [4.78, 5) is 9.62. The van der Waals surface area contributed by atoms with E-state index in [4.69, 9.17) is 16.6 Å². The number of amides is 1. The lowest BCUT2D eigenvalue weighted by molar-refractivity contribution is 0.191. The standard InChI is InChI=1S/C3H8N2O2.C2H7N/c1-2(4)5-3(6)7;1-2-3/h2,5H,4H2,1H3,(H,6,7);2-3H2,1H3. The first-order chi connectivity index (χ1) is 4.54. The largest absolute Gasteiger partial charge is 0.465 e. The van der Waals surface area contributed by atoms with Gasteiger partial charge in [0.05, 0.1) is 6.17 Å². The van der Waals surface area contributed by atoms with Gasteiger partial charge >= 0.3 is 6.09 Å². The molecule has 0 spiro atoms. The lowest BCUT2D eigenvalue weighted by atomic mass is 10.6. The Bertz CT molecular complexity index is 85.0. The van der Waals surface area contributed by atoms with Crippen molar-refractivity contribution in [3.05, 3.63) is 0 Å². The summed E-state index contributed by atoms with van der Waals surface area (Å²) in [6.45, 7) is 4.20. The van der Waals surface area contributed by atoms with Crippen LogP contribution in [0.3, 0.4) is 0 Å². The highest BCUT2D eigenvalue weighted by Crippen LogP contribution is 1.63. The smallest absolute Gasteiger partial charge is 0.405 e. The minimum absolute atomic E-state index is 0.475.